The Morgan fingerprint density at radius 1 is 1.45 bits per heavy atom. The normalized spacial score (nSPS) is 17.5. The van der Waals surface area contributed by atoms with Crippen LogP contribution in [-0.2, 0) is 19.1 Å². The largest absolute Gasteiger partial charge is 0.469 e. The van der Waals surface area contributed by atoms with E-state index in [0.717, 1.165) is 10.2 Å². The van der Waals surface area contributed by atoms with Crippen molar-refractivity contribution < 1.29 is 19.1 Å². The summed E-state index contributed by atoms with van der Waals surface area (Å²) in [5, 5.41) is 2.61. The summed E-state index contributed by atoms with van der Waals surface area (Å²) in [5.41, 5.74) is 0.768. The van der Waals surface area contributed by atoms with Gasteiger partial charge in [0.1, 0.15) is 5.92 Å². The van der Waals surface area contributed by atoms with Crippen molar-refractivity contribution in [2.24, 2.45) is 5.92 Å². The topological polar surface area (TPSA) is 75.7 Å². The summed E-state index contributed by atoms with van der Waals surface area (Å²) in [6.07, 6.45) is 0.563. The molecule has 1 aliphatic heterocycles. The molecule has 2 amide bonds. The van der Waals surface area contributed by atoms with Crippen molar-refractivity contribution in [1.29, 1.82) is 0 Å². The van der Waals surface area contributed by atoms with Crippen molar-refractivity contribution in [1.82, 2.24) is 5.32 Å². The van der Waals surface area contributed by atoms with Crippen molar-refractivity contribution in [2.75, 3.05) is 25.1 Å². The van der Waals surface area contributed by atoms with Crippen LogP contribution in [0.25, 0.3) is 0 Å². The summed E-state index contributed by atoms with van der Waals surface area (Å²) in [5.74, 6) is -1.65. The molecule has 0 saturated carbocycles. The molecule has 0 aliphatic carbocycles. The highest BCUT2D eigenvalue weighted by Crippen LogP contribution is 2.27. The molecule has 1 aliphatic rings. The summed E-state index contributed by atoms with van der Waals surface area (Å²) in [4.78, 5) is 37.0. The van der Waals surface area contributed by atoms with Crippen LogP contribution in [0.15, 0.2) is 28.7 Å². The van der Waals surface area contributed by atoms with Gasteiger partial charge in [0.15, 0.2) is 0 Å². The number of halogens is 1. The predicted molar refractivity (Wildman–Crippen MR) is 84.2 cm³/mol. The molecule has 2 rings (SSSR count). The van der Waals surface area contributed by atoms with Crippen molar-refractivity contribution in [3.05, 3.63) is 28.7 Å². The Labute approximate surface area is 136 Å². The molecule has 1 heterocycles. The molecule has 1 N–H and O–H groups in total. The number of anilines is 1. The molecule has 0 bridgehead atoms. The molecular weight excluding hydrogens is 352 g/mol. The van der Waals surface area contributed by atoms with Crippen molar-refractivity contribution in [3.63, 3.8) is 0 Å². The van der Waals surface area contributed by atoms with E-state index in [1.54, 1.807) is 4.90 Å². The molecule has 0 spiro atoms. The number of rotatable bonds is 5. The Hall–Kier alpha value is -1.89. The minimum atomic E-state index is -0.698. The highest BCUT2D eigenvalue weighted by atomic mass is 79.9. The summed E-state index contributed by atoms with van der Waals surface area (Å²) < 4.78 is 5.37. The van der Waals surface area contributed by atoms with E-state index in [-0.39, 0.29) is 24.8 Å². The van der Waals surface area contributed by atoms with E-state index in [1.807, 2.05) is 24.3 Å². The number of amides is 2. The van der Waals surface area contributed by atoms with Crippen LogP contribution in [0.2, 0.25) is 0 Å². The van der Waals surface area contributed by atoms with Gasteiger partial charge in [0, 0.05) is 23.2 Å². The molecule has 1 fully saturated rings. The van der Waals surface area contributed by atoms with Crippen LogP contribution in [0.3, 0.4) is 0 Å². The van der Waals surface area contributed by atoms with E-state index in [9.17, 15) is 14.4 Å². The number of carbonyl (C=O) groups is 3. The third-order valence-corrected chi connectivity index (χ3v) is 3.99. The zero-order valence-electron chi connectivity index (χ0n) is 12.2. The molecule has 118 valence electrons. The van der Waals surface area contributed by atoms with E-state index in [2.05, 4.69) is 26.0 Å². The Kier molecular flexibility index (Phi) is 5.54. The lowest BCUT2D eigenvalue weighted by Crippen LogP contribution is -2.37. The predicted octanol–water partition coefficient (Wildman–Crippen LogP) is 1.48. The maximum Gasteiger partial charge on any atom is 0.307 e. The Bertz CT molecular complexity index is 591. The molecule has 1 saturated heterocycles. The molecule has 1 unspecified atom stereocenters. The fourth-order valence-corrected chi connectivity index (χ4v) is 2.72. The van der Waals surface area contributed by atoms with Crippen LogP contribution in [0.1, 0.15) is 12.8 Å². The van der Waals surface area contributed by atoms with E-state index in [4.69, 9.17) is 0 Å². The highest BCUT2D eigenvalue weighted by Gasteiger charge is 2.37. The first-order chi connectivity index (χ1) is 10.5. The second kappa shape index (κ2) is 7.40. The fraction of sp³-hybridized carbons (Fsp3) is 0.400. The van der Waals surface area contributed by atoms with E-state index in [0.29, 0.717) is 13.0 Å². The fourth-order valence-electron chi connectivity index (χ4n) is 2.34. The maximum absolute atomic E-state index is 12.4. The minimum Gasteiger partial charge on any atom is -0.469 e. The number of hydrogen-bond donors (Lipinski definition) is 1. The van der Waals surface area contributed by atoms with Crippen LogP contribution >= 0.6 is 15.9 Å². The maximum atomic E-state index is 12.4. The number of esters is 1. The van der Waals surface area contributed by atoms with Crippen molar-refractivity contribution >= 4 is 39.4 Å². The Morgan fingerprint density at radius 2 is 2.23 bits per heavy atom. The van der Waals surface area contributed by atoms with Crippen LogP contribution < -0.4 is 10.2 Å². The number of hydrogen-bond acceptors (Lipinski definition) is 4. The molecular formula is C15H17BrN2O4. The van der Waals surface area contributed by atoms with Gasteiger partial charge in [0.2, 0.25) is 11.8 Å². The number of benzene rings is 1. The van der Waals surface area contributed by atoms with Crippen LogP contribution in [-0.4, -0.2) is 38.0 Å². The average molecular weight is 369 g/mol. The first-order valence-electron chi connectivity index (χ1n) is 6.94. The molecule has 6 nitrogen and oxygen atoms in total. The van der Waals surface area contributed by atoms with Gasteiger partial charge in [-0.15, -0.1) is 0 Å². The lowest BCUT2D eigenvalue weighted by atomic mass is 10.1. The number of nitrogens with one attached hydrogen (secondary N) is 1. The van der Waals surface area contributed by atoms with Crippen molar-refractivity contribution in [3.8, 4) is 0 Å². The second-order valence-electron chi connectivity index (χ2n) is 4.93. The molecule has 1 aromatic rings. The SMILES string of the molecule is COC(=O)CCNC(=O)C1CCN(c2cccc(Br)c2)C1=O. The van der Waals surface area contributed by atoms with E-state index >= 15 is 0 Å². The van der Waals surface area contributed by atoms with Gasteiger partial charge < -0.3 is 15.0 Å². The smallest absolute Gasteiger partial charge is 0.307 e. The van der Waals surface area contributed by atoms with Gasteiger partial charge in [0.25, 0.3) is 0 Å². The van der Waals surface area contributed by atoms with Crippen molar-refractivity contribution in [2.45, 2.75) is 12.8 Å². The van der Waals surface area contributed by atoms with E-state index < -0.39 is 11.9 Å². The van der Waals surface area contributed by atoms with E-state index in [1.165, 1.54) is 7.11 Å². The summed E-state index contributed by atoms with van der Waals surface area (Å²) >= 11 is 3.37. The van der Waals surface area contributed by atoms with Gasteiger partial charge >= 0.3 is 5.97 Å². The molecule has 7 heteroatoms. The number of carbonyl (C=O) groups excluding carboxylic acids is 3. The lowest BCUT2D eigenvalue weighted by Gasteiger charge is -2.17. The summed E-state index contributed by atoms with van der Waals surface area (Å²) in [6.45, 7) is 0.677. The van der Waals surface area contributed by atoms with Gasteiger partial charge in [-0.25, -0.2) is 0 Å². The van der Waals surface area contributed by atoms with Gasteiger partial charge in [-0.3, -0.25) is 14.4 Å². The molecule has 1 atom stereocenters. The van der Waals surface area contributed by atoms with Gasteiger partial charge in [-0.2, -0.15) is 0 Å². The van der Waals surface area contributed by atoms with Gasteiger partial charge in [-0.05, 0) is 24.6 Å². The molecule has 0 radical (unpaired) electrons. The monoisotopic (exact) mass is 368 g/mol. The lowest BCUT2D eigenvalue weighted by molar-refractivity contribution is -0.140. The van der Waals surface area contributed by atoms with Crippen LogP contribution in [0.5, 0.6) is 0 Å². The number of methoxy groups -OCH3 is 1. The Balaban J connectivity index is 1.93. The first kappa shape index (κ1) is 16.5. The second-order valence-corrected chi connectivity index (χ2v) is 5.84. The highest BCUT2D eigenvalue weighted by molar-refractivity contribution is 9.10. The van der Waals surface area contributed by atoms with Gasteiger partial charge in [-0.1, -0.05) is 22.0 Å². The third-order valence-electron chi connectivity index (χ3n) is 3.50. The van der Waals surface area contributed by atoms with Crippen LogP contribution in [0.4, 0.5) is 5.69 Å². The standard InChI is InChI=1S/C15H17BrN2O4/c1-22-13(19)5-7-17-14(20)12-6-8-18(15(12)21)11-4-2-3-10(16)9-11/h2-4,9,12H,5-8H2,1H3,(H,17,20). The first-order valence-corrected chi connectivity index (χ1v) is 7.73. The van der Waals surface area contributed by atoms with Crippen LogP contribution in [0, 0.1) is 5.92 Å². The zero-order chi connectivity index (χ0) is 16.1. The minimum absolute atomic E-state index is 0.0957. The quantitative estimate of drug-likeness (QED) is 0.630. The molecule has 22 heavy (non-hydrogen) atoms. The van der Waals surface area contributed by atoms with Gasteiger partial charge in [0.05, 0.1) is 13.5 Å². The Morgan fingerprint density at radius 3 is 2.91 bits per heavy atom. The molecule has 1 aromatic carbocycles. The zero-order valence-corrected chi connectivity index (χ0v) is 13.8. The molecule has 0 aromatic heterocycles. The summed E-state index contributed by atoms with van der Waals surface area (Å²) in [7, 11) is 1.29. The summed E-state index contributed by atoms with van der Waals surface area (Å²) in [6, 6.07) is 7.40. The third kappa shape index (κ3) is 3.85. The number of nitrogens with zero attached hydrogens (tertiary/aromatic N) is 1. The average Bonchev–Trinajstić information content (AvgIpc) is 2.88. The number of ether oxygens (including phenoxy) is 1.